The van der Waals surface area contributed by atoms with Crippen LogP contribution in [0.2, 0.25) is 0 Å². The van der Waals surface area contributed by atoms with E-state index in [9.17, 15) is 9.18 Å². The van der Waals surface area contributed by atoms with Crippen molar-refractivity contribution in [2.45, 2.75) is 20.0 Å². The first-order chi connectivity index (χ1) is 9.08. The Morgan fingerprint density at radius 2 is 2.21 bits per heavy atom. The molecule has 0 aliphatic carbocycles. The number of aromatic amines is 1. The van der Waals surface area contributed by atoms with Gasteiger partial charge in [0.25, 0.3) is 5.56 Å². The number of aromatic nitrogens is 2. The number of aryl methyl sites for hydroxylation is 1. The Hall–Kier alpha value is -2.21. The van der Waals surface area contributed by atoms with E-state index in [1.165, 1.54) is 12.1 Å². The fourth-order valence-electron chi connectivity index (χ4n) is 1.72. The SMILES string of the molecule is Cc1nc(NCc2ccc(CN)cc2F)cc(=O)[nH]1. The highest BCUT2D eigenvalue weighted by Gasteiger charge is 2.04. The largest absolute Gasteiger partial charge is 0.366 e. The van der Waals surface area contributed by atoms with Crippen molar-refractivity contribution in [1.29, 1.82) is 0 Å². The van der Waals surface area contributed by atoms with E-state index >= 15 is 0 Å². The van der Waals surface area contributed by atoms with E-state index < -0.39 is 0 Å². The maximum Gasteiger partial charge on any atom is 0.252 e. The van der Waals surface area contributed by atoms with Gasteiger partial charge in [0.1, 0.15) is 17.5 Å². The van der Waals surface area contributed by atoms with Crippen LogP contribution in [0.3, 0.4) is 0 Å². The first-order valence-electron chi connectivity index (χ1n) is 5.87. The van der Waals surface area contributed by atoms with E-state index in [4.69, 9.17) is 5.73 Å². The molecule has 0 amide bonds. The fourth-order valence-corrected chi connectivity index (χ4v) is 1.72. The molecule has 5 nitrogen and oxygen atoms in total. The highest BCUT2D eigenvalue weighted by Crippen LogP contribution is 2.12. The minimum absolute atomic E-state index is 0.242. The molecule has 0 radical (unpaired) electrons. The van der Waals surface area contributed by atoms with Crippen molar-refractivity contribution in [3.8, 4) is 0 Å². The Morgan fingerprint density at radius 3 is 2.84 bits per heavy atom. The van der Waals surface area contributed by atoms with Gasteiger partial charge in [-0.15, -0.1) is 0 Å². The predicted molar refractivity (Wildman–Crippen MR) is 71.2 cm³/mol. The zero-order valence-electron chi connectivity index (χ0n) is 10.5. The zero-order valence-corrected chi connectivity index (χ0v) is 10.5. The lowest BCUT2D eigenvalue weighted by atomic mass is 10.1. The summed E-state index contributed by atoms with van der Waals surface area (Å²) in [6, 6.07) is 6.19. The zero-order chi connectivity index (χ0) is 13.8. The Labute approximate surface area is 109 Å². The number of nitrogens with zero attached hydrogens (tertiary/aromatic N) is 1. The Bertz CT molecular complexity index is 639. The van der Waals surface area contributed by atoms with Crippen LogP contribution < -0.4 is 16.6 Å². The van der Waals surface area contributed by atoms with Gasteiger partial charge in [-0.05, 0) is 18.6 Å². The molecule has 0 aliphatic heterocycles. The van der Waals surface area contributed by atoms with Crippen LogP contribution in [-0.4, -0.2) is 9.97 Å². The van der Waals surface area contributed by atoms with Gasteiger partial charge in [-0.1, -0.05) is 12.1 Å². The van der Waals surface area contributed by atoms with Gasteiger partial charge < -0.3 is 16.0 Å². The molecule has 0 bridgehead atoms. The molecule has 1 aromatic heterocycles. The van der Waals surface area contributed by atoms with Crippen LogP contribution in [0.4, 0.5) is 10.2 Å². The van der Waals surface area contributed by atoms with E-state index in [2.05, 4.69) is 15.3 Å². The second-order valence-electron chi connectivity index (χ2n) is 4.20. The normalized spacial score (nSPS) is 10.5. The van der Waals surface area contributed by atoms with Crippen molar-refractivity contribution in [2.75, 3.05) is 5.32 Å². The van der Waals surface area contributed by atoms with Crippen LogP contribution >= 0.6 is 0 Å². The van der Waals surface area contributed by atoms with Gasteiger partial charge in [0.2, 0.25) is 0 Å². The molecule has 0 saturated carbocycles. The van der Waals surface area contributed by atoms with Crippen molar-refractivity contribution in [3.05, 3.63) is 57.4 Å². The van der Waals surface area contributed by atoms with Gasteiger partial charge in [0.05, 0.1) is 0 Å². The molecule has 2 rings (SSSR count). The molecular formula is C13H15FN4O. The molecule has 100 valence electrons. The molecule has 0 atom stereocenters. The molecular weight excluding hydrogens is 247 g/mol. The molecule has 19 heavy (non-hydrogen) atoms. The van der Waals surface area contributed by atoms with Crippen molar-refractivity contribution >= 4 is 5.82 Å². The smallest absolute Gasteiger partial charge is 0.252 e. The minimum atomic E-state index is -0.322. The van der Waals surface area contributed by atoms with E-state index in [1.54, 1.807) is 19.1 Å². The molecule has 0 fully saturated rings. The number of anilines is 1. The molecule has 2 aromatic rings. The maximum absolute atomic E-state index is 13.7. The monoisotopic (exact) mass is 262 g/mol. The summed E-state index contributed by atoms with van der Waals surface area (Å²) in [5, 5.41) is 2.92. The number of benzene rings is 1. The molecule has 0 aliphatic rings. The predicted octanol–water partition coefficient (Wildman–Crippen LogP) is 1.29. The van der Waals surface area contributed by atoms with Gasteiger partial charge in [0, 0.05) is 24.7 Å². The first-order valence-corrected chi connectivity index (χ1v) is 5.87. The number of H-pyrrole nitrogens is 1. The van der Waals surface area contributed by atoms with Crippen LogP contribution in [0.15, 0.2) is 29.1 Å². The number of hydrogen-bond acceptors (Lipinski definition) is 4. The molecule has 6 heteroatoms. The highest BCUT2D eigenvalue weighted by atomic mass is 19.1. The number of rotatable bonds is 4. The number of halogens is 1. The summed E-state index contributed by atoms with van der Waals surface area (Å²) in [5.74, 6) is 0.606. The average molecular weight is 262 g/mol. The maximum atomic E-state index is 13.7. The molecule has 0 unspecified atom stereocenters. The summed E-state index contributed by atoms with van der Waals surface area (Å²) in [7, 11) is 0. The summed E-state index contributed by atoms with van der Waals surface area (Å²) in [5.41, 5.74) is 6.43. The first kappa shape index (κ1) is 13.2. The van der Waals surface area contributed by atoms with Gasteiger partial charge in [-0.3, -0.25) is 4.79 Å². The third-order valence-electron chi connectivity index (χ3n) is 2.67. The van der Waals surface area contributed by atoms with E-state index in [-0.39, 0.29) is 17.9 Å². The second-order valence-corrected chi connectivity index (χ2v) is 4.20. The molecule has 0 saturated heterocycles. The van der Waals surface area contributed by atoms with Crippen LogP contribution in [0.5, 0.6) is 0 Å². The summed E-state index contributed by atoms with van der Waals surface area (Å²) >= 11 is 0. The minimum Gasteiger partial charge on any atom is -0.366 e. The second kappa shape index (κ2) is 5.62. The lowest BCUT2D eigenvalue weighted by molar-refractivity contribution is 0.610. The highest BCUT2D eigenvalue weighted by molar-refractivity contribution is 5.35. The molecule has 0 spiro atoms. The van der Waals surface area contributed by atoms with Crippen molar-refractivity contribution in [3.63, 3.8) is 0 Å². The van der Waals surface area contributed by atoms with Crippen LogP contribution in [0, 0.1) is 12.7 Å². The summed E-state index contributed by atoms with van der Waals surface area (Å²) in [6.45, 7) is 2.25. The van der Waals surface area contributed by atoms with Gasteiger partial charge in [0.15, 0.2) is 0 Å². The third-order valence-corrected chi connectivity index (χ3v) is 2.67. The Morgan fingerprint density at radius 1 is 1.42 bits per heavy atom. The number of nitrogens with one attached hydrogen (secondary N) is 2. The van der Waals surface area contributed by atoms with Crippen molar-refractivity contribution in [1.82, 2.24) is 9.97 Å². The van der Waals surface area contributed by atoms with Crippen LogP contribution in [-0.2, 0) is 13.1 Å². The van der Waals surface area contributed by atoms with Crippen molar-refractivity contribution < 1.29 is 4.39 Å². The van der Waals surface area contributed by atoms with E-state index in [0.717, 1.165) is 5.56 Å². The fraction of sp³-hybridized carbons (Fsp3) is 0.231. The van der Waals surface area contributed by atoms with Gasteiger partial charge >= 0.3 is 0 Å². The average Bonchev–Trinajstić information content (AvgIpc) is 2.36. The lowest BCUT2D eigenvalue weighted by Crippen LogP contribution is -2.12. The Balaban J connectivity index is 2.12. The molecule has 4 N–H and O–H groups in total. The van der Waals surface area contributed by atoms with Crippen LogP contribution in [0.25, 0.3) is 0 Å². The number of nitrogens with two attached hydrogens (primary N) is 1. The summed E-state index contributed by atoms with van der Waals surface area (Å²) < 4.78 is 13.7. The van der Waals surface area contributed by atoms with Gasteiger partial charge in [-0.25, -0.2) is 9.37 Å². The van der Waals surface area contributed by atoms with Gasteiger partial charge in [-0.2, -0.15) is 0 Å². The quantitative estimate of drug-likeness (QED) is 0.775. The van der Waals surface area contributed by atoms with E-state index in [1.807, 2.05) is 0 Å². The number of hydrogen-bond donors (Lipinski definition) is 3. The van der Waals surface area contributed by atoms with Crippen LogP contribution in [0.1, 0.15) is 17.0 Å². The van der Waals surface area contributed by atoms with E-state index in [0.29, 0.717) is 23.8 Å². The Kier molecular flexibility index (Phi) is 3.91. The molecule has 1 heterocycles. The topological polar surface area (TPSA) is 83.8 Å². The van der Waals surface area contributed by atoms with Crippen molar-refractivity contribution in [2.24, 2.45) is 5.73 Å². The molecule has 1 aromatic carbocycles. The summed E-state index contributed by atoms with van der Waals surface area (Å²) in [6.07, 6.45) is 0. The lowest BCUT2D eigenvalue weighted by Gasteiger charge is -2.08. The summed E-state index contributed by atoms with van der Waals surface area (Å²) in [4.78, 5) is 17.9. The third kappa shape index (κ3) is 3.38. The standard InChI is InChI=1S/C13H15FN4O/c1-8-17-12(5-13(19)18-8)16-7-10-3-2-9(6-15)4-11(10)14/h2-5H,6-7,15H2,1H3,(H2,16,17,18,19).